The molecule has 0 saturated carbocycles. The van der Waals surface area contributed by atoms with Crippen molar-refractivity contribution in [1.82, 2.24) is 0 Å². The molecule has 1 N–H and O–H groups in total. The van der Waals surface area contributed by atoms with Crippen molar-refractivity contribution in [1.29, 1.82) is 0 Å². The average molecular weight is 415 g/mol. The largest absolute Gasteiger partial charge is 0.416 e. The van der Waals surface area contributed by atoms with Crippen LogP contribution in [0.1, 0.15) is 11.1 Å². The van der Waals surface area contributed by atoms with Gasteiger partial charge >= 0.3 is 6.18 Å². The number of hydrogen-bond donors (Lipinski definition) is 1. The van der Waals surface area contributed by atoms with Gasteiger partial charge in [0.05, 0.1) is 11.3 Å². The molecule has 27 heavy (non-hydrogen) atoms. The number of alkyl halides is 3. The van der Waals surface area contributed by atoms with E-state index < -0.39 is 28.6 Å². The molecule has 1 aliphatic heterocycles. The summed E-state index contributed by atoms with van der Waals surface area (Å²) in [4.78, 5) is 25.7. The van der Waals surface area contributed by atoms with E-state index in [0.717, 1.165) is 18.2 Å². The summed E-state index contributed by atoms with van der Waals surface area (Å²) in [7, 11) is 0. The Kier molecular flexibility index (Phi) is 4.92. The molecule has 4 nitrogen and oxygen atoms in total. The van der Waals surface area contributed by atoms with E-state index in [-0.39, 0.29) is 11.4 Å². The SMILES string of the molecule is Cc1cc(Cl)ccc1NC1=C(Cl)C(=O)N(c2cccc(C(F)(F)F)c2)C1=O. The molecule has 140 valence electrons. The number of hydrogen-bond acceptors (Lipinski definition) is 3. The minimum absolute atomic E-state index is 0.218. The van der Waals surface area contributed by atoms with Crippen molar-refractivity contribution >= 4 is 46.4 Å². The first-order valence-electron chi connectivity index (χ1n) is 7.58. The lowest BCUT2D eigenvalue weighted by atomic mass is 10.2. The summed E-state index contributed by atoms with van der Waals surface area (Å²) in [5.74, 6) is -1.76. The molecule has 0 spiro atoms. The van der Waals surface area contributed by atoms with Gasteiger partial charge in [0.25, 0.3) is 11.8 Å². The molecule has 3 rings (SSSR count). The van der Waals surface area contributed by atoms with Gasteiger partial charge in [0.2, 0.25) is 0 Å². The van der Waals surface area contributed by atoms with Gasteiger partial charge in [0, 0.05) is 10.7 Å². The quantitative estimate of drug-likeness (QED) is 0.710. The fourth-order valence-electron chi connectivity index (χ4n) is 2.57. The standard InChI is InChI=1S/C18H11Cl2F3N2O2/c1-9-7-11(19)5-6-13(9)24-15-14(20)16(26)25(17(15)27)12-4-2-3-10(8-12)18(21,22)23/h2-8,24H,1H3. The molecule has 2 aromatic rings. The zero-order valence-electron chi connectivity index (χ0n) is 13.7. The van der Waals surface area contributed by atoms with Crippen LogP contribution in [0.3, 0.4) is 0 Å². The third kappa shape index (κ3) is 3.65. The minimum atomic E-state index is -4.61. The Labute approximate surface area is 162 Å². The van der Waals surface area contributed by atoms with Crippen LogP contribution in [-0.2, 0) is 15.8 Å². The van der Waals surface area contributed by atoms with E-state index in [1.54, 1.807) is 25.1 Å². The zero-order valence-corrected chi connectivity index (χ0v) is 15.2. The number of amides is 2. The fraction of sp³-hybridized carbons (Fsp3) is 0.111. The van der Waals surface area contributed by atoms with Crippen LogP contribution in [0.2, 0.25) is 5.02 Å². The Hall–Kier alpha value is -2.51. The molecule has 9 heteroatoms. The van der Waals surface area contributed by atoms with Gasteiger partial charge in [-0.25, -0.2) is 4.90 Å². The molecular weight excluding hydrogens is 404 g/mol. The summed E-state index contributed by atoms with van der Waals surface area (Å²) >= 11 is 11.9. The normalized spacial score (nSPS) is 15.0. The van der Waals surface area contributed by atoms with E-state index >= 15 is 0 Å². The van der Waals surface area contributed by atoms with Gasteiger partial charge in [-0.2, -0.15) is 13.2 Å². The maximum Gasteiger partial charge on any atom is 0.416 e. The number of nitrogens with one attached hydrogen (secondary N) is 1. The first-order valence-corrected chi connectivity index (χ1v) is 8.34. The van der Waals surface area contributed by atoms with Crippen LogP contribution in [0, 0.1) is 6.92 Å². The van der Waals surface area contributed by atoms with Gasteiger partial charge in [-0.3, -0.25) is 9.59 Å². The van der Waals surface area contributed by atoms with Gasteiger partial charge in [-0.15, -0.1) is 0 Å². The fourth-order valence-corrected chi connectivity index (χ4v) is 3.01. The highest BCUT2D eigenvalue weighted by molar-refractivity contribution is 6.53. The third-order valence-electron chi connectivity index (χ3n) is 3.91. The second kappa shape index (κ2) is 6.90. The van der Waals surface area contributed by atoms with E-state index in [1.807, 2.05) is 0 Å². The van der Waals surface area contributed by atoms with Crippen molar-refractivity contribution in [2.75, 3.05) is 10.2 Å². The molecule has 0 fully saturated rings. The number of nitrogens with zero attached hydrogens (tertiary/aromatic N) is 1. The molecule has 1 aliphatic rings. The van der Waals surface area contributed by atoms with Crippen molar-refractivity contribution < 1.29 is 22.8 Å². The first kappa shape index (κ1) is 19.3. The van der Waals surface area contributed by atoms with Crippen molar-refractivity contribution in [2.24, 2.45) is 0 Å². The average Bonchev–Trinajstić information content (AvgIpc) is 2.80. The maximum atomic E-state index is 12.9. The van der Waals surface area contributed by atoms with Crippen molar-refractivity contribution in [3.8, 4) is 0 Å². The summed E-state index contributed by atoms with van der Waals surface area (Å²) in [5.41, 5.74) is -0.240. The molecule has 0 aromatic heterocycles. The number of halogens is 5. The summed E-state index contributed by atoms with van der Waals surface area (Å²) in [6.07, 6.45) is -4.61. The predicted molar refractivity (Wildman–Crippen MR) is 96.6 cm³/mol. The van der Waals surface area contributed by atoms with Crippen LogP contribution < -0.4 is 10.2 Å². The molecule has 1 heterocycles. The molecule has 2 aromatic carbocycles. The Balaban J connectivity index is 1.95. The van der Waals surface area contributed by atoms with Crippen LogP contribution in [-0.4, -0.2) is 11.8 Å². The molecule has 0 bridgehead atoms. The van der Waals surface area contributed by atoms with Gasteiger partial charge in [0.15, 0.2) is 0 Å². The minimum Gasteiger partial charge on any atom is -0.349 e. The first-order chi connectivity index (χ1) is 12.6. The number of benzene rings is 2. The van der Waals surface area contributed by atoms with E-state index in [4.69, 9.17) is 23.2 Å². The molecule has 0 unspecified atom stereocenters. The number of aryl methyl sites for hydroxylation is 1. The number of rotatable bonds is 3. The predicted octanol–water partition coefficient (Wildman–Crippen LogP) is 5.10. The molecule has 0 aliphatic carbocycles. The van der Waals surface area contributed by atoms with Crippen LogP contribution in [0.15, 0.2) is 53.2 Å². The maximum absolute atomic E-state index is 12.9. The van der Waals surface area contributed by atoms with Crippen LogP contribution >= 0.6 is 23.2 Å². The highest BCUT2D eigenvalue weighted by Gasteiger charge is 2.40. The van der Waals surface area contributed by atoms with E-state index in [9.17, 15) is 22.8 Å². The number of carbonyl (C=O) groups is 2. The Morgan fingerprint density at radius 3 is 2.33 bits per heavy atom. The van der Waals surface area contributed by atoms with Gasteiger partial charge in [-0.05, 0) is 48.9 Å². The van der Waals surface area contributed by atoms with Crippen molar-refractivity contribution in [3.05, 3.63) is 69.3 Å². The van der Waals surface area contributed by atoms with E-state index in [1.165, 1.54) is 6.07 Å². The third-order valence-corrected chi connectivity index (χ3v) is 4.49. The Morgan fingerprint density at radius 2 is 1.70 bits per heavy atom. The lowest BCUT2D eigenvalue weighted by Crippen LogP contribution is -2.32. The monoisotopic (exact) mass is 414 g/mol. The topological polar surface area (TPSA) is 49.4 Å². The van der Waals surface area contributed by atoms with Crippen LogP contribution in [0.5, 0.6) is 0 Å². The molecule has 0 saturated heterocycles. The van der Waals surface area contributed by atoms with Crippen LogP contribution in [0.4, 0.5) is 24.5 Å². The summed E-state index contributed by atoms with van der Waals surface area (Å²) < 4.78 is 38.8. The lowest BCUT2D eigenvalue weighted by Gasteiger charge is -2.17. The van der Waals surface area contributed by atoms with Crippen molar-refractivity contribution in [3.63, 3.8) is 0 Å². The number of anilines is 2. The summed E-state index contributed by atoms with van der Waals surface area (Å²) in [6, 6.07) is 8.73. The smallest absolute Gasteiger partial charge is 0.349 e. The zero-order chi connectivity index (χ0) is 19.9. The van der Waals surface area contributed by atoms with Gasteiger partial charge in [0.1, 0.15) is 10.7 Å². The summed E-state index contributed by atoms with van der Waals surface area (Å²) in [6.45, 7) is 1.73. The van der Waals surface area contributed by atoms with Gasteiger partial charge < -0.3 is 5.32 Å². The highest BCUT2D eigenvalue weighted by atomic mass is 35.5. The molecular formula is C18H11Cl2F3N2O2. The molecule has 2 amide bonds. The second-order valence-electron chi connectivity index (χ2n) is 5.77. The van der Waals surface area contributed by atoms with E-state index in [2.05, 4.69) is 5.32 Å². The molecule has 0 atom stereocenters. The second-order valence-corrected chi connectivity index (χ2v) is 6.58. The van der Waals surface area contributed by atoms with Crippen molar-refractivity contribution in [2.45, 2.75) is 13.1 Å². The van der Waals surface area contributed by atoms with E-state index in [0.29, 0.717) is 21.2 Å². The Morgan fingerprint density at radius 1 is 1.00 bits per heavy atom. The summed E-state index contributed by atoms with van der Waals surface area (Å²) in [5, 5.41) is 2.84. The number of carbonyl (C=O) groups excluding carboxylic acids is 2. The van der Waals surface area contributed by atoms with Gasteiger partial charge in [-0.1, -0.05) is 29.3 Å². The molecule has 0 radical (unpaired) electrons. The number of imide groups is 1. The highest BCUT2D eigenvalue weighted by Crippen LogP contribution is 2.35. The lowest BCUT2D eigenvalue weighted by molar-refractivity contribution is -0.137. The van der Waals surface area contributed by atoms with Crippen LogP contribution in [0.25, 0.3) is 0 Å². The Bertz CT molecular complexity index is 987.